The summed E-state index contributed by atoms with van der Waals surface area (Å²) < 4.78 is 10.4. The Morgan fingerprint density at radius 3 is 2.57 bits per heavy atom. The summed E-state index contributed by atoms with van der Waals surface area (Å²) in [5.41, 5.74) is 2.61. The van der Waals surface area contributed by atoms with Gasteiger partial charge in [-0.1, -0.05) is 44.2 Å². The van der Waals surface area contributed by atoms with E-state index in [1.54, 1.807) is 26.2 Å². The lowest BCUT2D eigenvalue weighted by Crippen LogP contribution is -2.29. The van der Waals surface area contributed by atoms with Gasteiger partial charge in [-0.15, -0.1) is 0 Å². The van der Waals surface area contributed by atoms with Crippen LogP contribution in [0.3, 0.4) is 0 Å². The Morgan fingerprint density at radius 2 is 1.86 bits per heavy atom. The topological polar surface area (TPSA) is 64.6 Å². The summed E-state index contributed by atoms with van der Waals surface area (Å²) in [6.45, 7) is 5.76. The van der Waals surface area contributed by atoms with Crippen molar-refractivity contribution in [1.82, 2.24) is 0 Å². The Kier molecular flexibility index (Phi) is 7.81. The van der Waals surface area contributed by atoms with E-state index in [4.69, 9.17) is 9.47 Å². The number of methoxy groups -OCH3 is 1. The number of para-hydroxylation sites is 1. The van der Waals surface area contributed by atoms with Crippen LogP contribution in [0, 0.1) is 0 Å². The number of nitrogens with one attached hydrogen (secondary N) is 1. The van der Waals surface area contributed by atoms with Crippen LogP contribution in [0.2, 0.25) is 0 Å². The molecule has 5 nitrogen and oxygen atoms in total. The van der Waals surface area contributed by atoms with E-state index in [2.05, 4.69) is 19.2 Å². The largest absolute Gasteiger partial charge is 0.497 e. The molecule has 0 aliphatic rings. The van der Waals surface area contributed by atoms with Gasteiger partial charge in [0.05, 0.1) is 7.11 Å². The molecule has 0 spiro atoms. The first-order chi connectivity index (χ1) is 13.4. The zero-order chi connectivity index (χ0) is 20.5. The van der Waals surface area contributed by atoms with Gasteiger partial charge in [0.2, 0.25) is 0 Å². The Morgan fingerprint density at radius 1 is 1.11 bits per heavy atom. The van der Waals surface area contributed by atoms with Crippen LogP contribution in [0.1, 0.15) is 44.2 Å². The fourth-order valence-electron chi connectivity index (χ4n) is 2.67. The van der Waals surface area contributed by atoms with Crippen molar-refractivity contribution < 1.29 is 19.1 Å². The summed E-state index contributed by atoms with van der Waals surface area (Å²) >= 11 is 0. The van der Waals surface area contributed by atoms with Crippen molar-refractivity contribution in [3.63, 3.8) is 0 Å². The van der Waals surface area contributed by atoms with E-state index in [0.717, 1.165) is 23.2 Å². The highest BCUT2D eigenvalue weighted by atomic mass is 16.5. The number of rotatable bonds is 8. The number of amides is 1. The zero-order valence-corrected chi connectivity index (χ0v) is 16.8. The van der Waals surface area contributed by atoms with Crippen LogP contribution in [0.5, 0.6) is 5.75 Å². The molecule has 0 aromatic heterocycles. The molecule has 1 N–H and O–H groups in total. The molecule has 148 valence electrons. The number of esters is 1. The Hall–Kier alpha value is -3.08. The number of anilines is 1. The normalized spacial score (nSPS) is 13.0. The molecule has 28 heavy (non-hydrogen) atoms. The van der Waals surface area contributed by atoms with Crippen molar-refractivity contribution >= 4 is 23.6 Å². The standard InChI is InChI=1S/C23H27NO4/c1-5-16(2)20-11-6-7-12-21(20)24-23(26)17(3)28-22(25)14-13-18-9-8-10-19(15-18)27-4/h6-17H,5H2,1-4H3,(H,24,26)/b14-13+/t16-,17-/m1/s1. The van der Waals surface area contributed by atoms with E-state index < -0.39 is 12.1 Å². The van der Waals surface area contributed by atoms with Crippen LogP contribution in [-0.2, 0) is 14.3 Å². The van der Waals surface area contributed by atoms with Gasteiger partial charge in [0.15, 0.2) is 6.10 Å². The molecule has 2 rings (SSSR count). The molecule has 1 amide bonds. The lowest BCUT2D eigenvalue weighted by Gasteiger charge is -2.17. The average molecular weight is 381 g/mol. The number of carbonyl (C=O) groups is 2. The van der Waals surface area contributed by atoms with Crippen molar-refractivity contribution in [3.8, 4) is 5.75 Å². The summed E-state index contributed by atoms with van der Waals surface area (Å²) in [7, 11) is 1.58. The third-order valence-corrected chi connectivity index (χ3v) is 4.53. The molecule has 2 aromatic carbocycles. The fraction of sp³-hybridized carbons (Fsp3) is 0.304. The van der Waals surface area contributed by atoms with Gasteiger partial charge < -0.3 is 14.8 Å². The Bertz CT molecular complexity index is 844. The number of hydrogen-bond acceptors (Lipinski definition) is 4. The van der Waals surface area contributed by atoms with Crippen LogP contribution in [0.4, 0.5) is 5.69 Å². The highest BCUT2D eigenvalue weighted by Crippen LogP contribution is 2.26. The molecular weight excluding hydrogens is 354 g/mol. The number of ether oxygens (including phenoxy) is 2. The van der Waals surface area contributed by atoms with E-state index in [0.29, 0.717) is 11.7 Å². The smallest absolute Gasteiger partial charge is 0.331 e. The SMILES string of the molecule is CC[C@@H](C)c1ccccc1NC(=O)[C@@H](C)OC(=O)/C=C/c1cccc(OC)c1. The summed E-state index contributed by atoms with van der Waals surface area (Å²) in [6, 6.07) is 15.0. The molecule has 0 fully saturated rings. The van der Waals surface area contributed by atoms with Gasteiger partial charge in [0.25, 0.3) is 5.91 Å². The predicted molar refractivity (Wildman–Crippen MR) is 111 cm³/mol. The Labute approximate surface area is 166 Å². The number of carbonyl (C=O) groups excluding carboxylic acids is 2. The van der Waals surface area contributed by atoms with E-state index in [1.165, 1.54) is 6.08 Å². The highest BCUT2D eigenvalue weighted by Gasteiger charge is 2.18. The molecule has 2 atom stereocenters. The molecule has 0 saturated heterocycles. The van der Waals surface area contributed by atoms with Gasteiger partial charge in [-0.2, -0.15) is 0 Å². The maximum Gasteiger partial charge on any atom is 0.331 e. The molecule has 0 aliphatic carbocycles. The van der Waals surface area contributed by atoms with E-state index in [9.17, 15) is 9.59 Å². The first-order valence-electron chi connectivity index (χ1n) is 9.37. The Balaban J connectivity index is 1.97. The van der Waals surface area contributed by atoms with Gasteiger partial charge in [0.1, 0.15) is 5.75 Å². The van der Waals surface area contributed by atoms with Crippen LogP contribution < -0.4 is 10.1 Å². The summed E-state index contributed by atoms with van der Waals surface area (Å²) in [5, 5.41) is 2.86. The number of benzene rings is 2. The molecule has 2 aromatic rings. The molecule has 0 aliphatic heterocycles. The molecule has 5 heteroatoms. The van der Waals surface area contributed by atoms with Crippen molar-refractivity contribution in [2.24, 2.45) is 0 Å². The quantitative estimate of drug-likeness (QED) is 0.527. The minimum Gasteiger partial charge on any atom is -0.497 e. The van der Waals surface area contributed by atoms with Gasteiger partial charge in [-0.05, 0) is 54.7 Å². The summed E-state index contributed by atoms with van der Waals surface area (Å²) in [4.78, 5) is 24.5. The van der Waals surface area contributed by atoms with Crippen molar-refractivity contribution in [3.05, 3.63) is 65.7 Å². The lowest BCUT2D eigenvalue weighted by molar-refractivity contribution is -0.148. The second kappa shape index (κ2) is 10.3. The van der Waals surface area contributed by atoms with Crippen molar-refractivity contribution in [2.45, 2.75) is 39.2 Å². The molecule has 0 saturated carbocycles. The van der Waals surface area contributed by atoms with Gasteiger partial charge >= 0.3 is 5.97 Å². The summed E-state index contributed by atoms with van der Waals surface area (Å²) in [5.74, 6) is 0.0722. The molecule has 0 unspecified atom stereocenters. The van der Waals surface area contributed by atoms with Crippen LogP contribution in [-0.4, -0.2) is 25.1 Å². The van der Waals surface area contributed by atoms with Gasteiger partial charge in [-0.25, -0.2) is 4.79 Å². The number of hydrogen-bond donors (Lipinski definition) is 1. The van der Waals surface area contributed by atoms with Crippen LogP contribution >= 0.6 is 0 Å². The molecular formula is C23H27NO4. The van der Waals surface area contributed by atoms with E-state index in [-0.39, 0.29) is 5.91 Å². The van der Waals surface area contributed by atoms with Gasteiger partial charge in [0, 0.05) is 11.8 Å². The molecule has 0 heterocycles. The minimum absolute atomic E-state index is 0.320. The third-order valence-electron chi connectivity index (χ3n) is 4.53. The maximum atomic E-state index is 12.4. The van der Waals surface area contributed by atoms with Crippen LogP contribution in [0.15, 0.2) is 54.6 Å². The second-order valence-electron chi connectivity index (χ2n) is 6.57. The molecule has 0 radical (unpaired) electrons. The summed E-state index contributed by atoms with van der Waals surface area (Å²) in [6.07, 6.45) is 2.97. The highest BCUT2D eigenvalue weighted by molar-refractivity contribution is 5.97. The van der Waals surface area contributed by atoms with E-state index in [1.807, 2.05) is 42.5 Å². The molecule has 0 bridgehead atoms. The third kappa shape index (κ3) is 5.98. The first kappa shape index (κ1) is 21.2. The minimum atomic E-state index is -0.910. The predicted octanol–water partition coefficient (Wildman–Crippen LogP) is 4.79. The van der Waals surface area contributed by atoms with E-state index >= 15 is 0 Å². The zero-order valence-electron chi connectivity index (χ0n) is 16.8. The maximum absolute atomic E-state index is 12.4. The van der Waals surface area contributed by atoms with Crippen molar-refractivity contribution in [1.29, 1.82) is 0 Å². The second-order valence-corrected chi connectivity index (χ2v) is 6.57. The fourth-order valence-corrected chi connectivity index (χ4v) is 2.67. The lowest BCUT2D eigenvalue weighted by atomic mass is 9.97. The first-order valence-corrected chi connectivity index (χ1v) is 9.37. The monoisotopic (exact) mass is 381 g/mol. The van der Waals surface area contributed by atoms with Crippen LogP contribution in [0.25, 0.3) is 6.08 Å². The average Bonchev–Trinajstić information content (AvgIpc) is 2.72. The van der Waals surface area contributed by atoms with Crippen molar-refractivity contribution in [2.75, 3.05) is 12.4 Å². The van der Waals surface area contributed by atoms with Gasteiger partial charge in [-0.3, -0.25) is 4.79 Å².